The number of rotatable bonds is 7. The van der Waals surface area contributed by atoms with Crippen LogP contribution in [0.3, 0.4) is 0 Å². The molecule has 0 atom stereocenters. The summed E-state index contributed by atoms with van der Waals surface area (Å²) < 4.78 is 10.9. The van der Waals surface area contributed by atoms with Gasteiger partial charge in [0.15, 0.2) is 6.40 Å². The van der Waals surface area contributed by atoms with Gasteiger partial charge in [-0.3, -0.25) is 10.8 Å². The molecule has 4 aromatic rings. The highest BCUT2D eigenvalue weighted by Gasteiger charge is 2.11. The van der Waals surface area contributed by atoms with Crippen molar-refractivity contribution in [3.05, 3.63) is 107 Å². The fraction of sp³-hybridized carbons (Fsp3) is 0.0385. The van der Waals surface area contributed by atoms with Crippen LogP contribution in [0.2, 0.25) is 5.02 Å². The van der Waals surface area contributed by atoms with E-state index in [-0.39, 0.29) is 5.90 Å². The number of fused-ring (bicyclic) bond motifs is 1. The van der Waals surface area contributed by atoms with Gasteiger partial charge in [-0.15, -0.1) is 0 Å². The number of aromatic nitrogens is 1. The molecule has 3 aromatic carbocycles. The molecule has 5 nitrogen and oxygen atoms in total. The summed E-state index contributed by atoms with van der Waals surface area (Å²) in [5.41, 5.74) is 3.95. The fourth-order valence-corrected chi connectivity index (χ4v) is 3.33. The van der Waals surface area contributed by atoms with Gasteiger partial charge in [0.05, 0.1) is 11.2 Å². The third-order valence-electron chi connectivity index (χ3n) is 4.81. The minimum Gasteiger partial charge on any atom is -0.487 e. The van der Waals surface area contributed by atoms with Crippen molar-refractivity contribution in [2.24, 2.45) is 0 Å². The zero-order valence-corrected chi connectivity index (χ0v) is 17.8. The molecule has 0 spiro atoms. The normalized spacial score (nSPS) is 11.2. The van der Waals surface area contributed by atoms with Crippen molar-refractivity contribution in [2.75, 3.05) is 0 Å². The molecular weight excluding hydrogens is 422 g/mol. The monoisotopic (exact) mass is 441 g/mol. The molecule has 0 unspecified atom stereocenters. The van der Waals surface area contributed by atoms with Crippen LogP contribution in [0.5, 0.6) is 5.75 Å². The Kier molecular flexibility index (Phi) is 6.58. The molecule has 0 aliphatic heterocycles. The SMILES string of the molecule is N=COC(=N)C(=Cc1ccc(Cl)cc1)c1ccc(OCc2ccc3ccccc3n2)cc1. The van der Waals surface area contributed by atoms with E-state index >= 15 is 0 Å². The number of para-hydroxylation sites is 1. The maximum Gasteiger partial charge on any atom is 0.221 e. The number of nitrogens with zero attached hydrogens (tertiary/aromatic N) is 1. The van der Waals surface area contributed by atoms with Crippen molar-refractivity contribution < 1.29 is 9.47 Å². The van der Waals surface area contributed by atoms with Gasteiger partial charge in [0, 0.05) is 16.0 Å². The molecule has 0 radical (unpaired) electrons. The number of hydrogen-bond acceptors (Lipinski definition) is 5. The average Bonchev–Trinajstić information content (AvgIpc) is 2.83. The third kappa shape index (κ3) is 5.20. The van der Waals surface area contributed by atoms with Crippen molar-refractivity contribution in [3.63, 3.8) is 0 Å². The number of nitrogens with one attached hydrogen (secondary N) is 2. The van der Waals surface area contributed by atoms with Crippen LogP contribution in [0, 0.1) is 10.8 Å². The van der Waals surface area contributed by atoms with Crippen LogP contribution >= 0.6 is 11.6 Å². The highest BCUT2D eigenvalue weighted by Crippen LogP contribution is 2.24. The molecule has 2 N–H and O–H groups in total. The van der Waals surface area contributed by atoms with Gasteiger partial charge in [0.25, 0.3) is 0 Å². The first-order chi connectivity index (χ1) is 15.6. The molecule has 0 bridgehead atoms. The Morgan fingerprint density at radius 1 is 0.906 bits per heavy atom. The van der Waals surface area contributed by atoms with Crippen LogP contribution in [0.15, 0.2) is 84.9 Å². The first-order valence-electron chi connectivity index (χ1n) is 9.92. The Balaban J connectivity index is 1.52. The van der Waals surface area contributed by atoms with E-state index in [0.717, 1.165) is 34.1 Å². The molecular formula is C26H20ClN3O2. The third-order valence-corrected chi connectivity index (χ3v) is 5.06. The van der Waals surface area contributed by atoms with Gasteiger partial charge in [-0.2, -0.15) is 0 Å². The summed E-state index contributed by atoms with van der Waals surface area (Å²) in [6, 6.07) is 26.6. The second kappa shape index (κ2) is 9.90. The van der Waals surface area contributed by atoms with E-state index in [1.165, 1.54) is 0 Å². The van der Waals surface area contributed by atoms with E-state index in [9.17, 15) is 0 Å². The summed E-state index contributed by atoms with van der Waals surface area (Å²) in [4.78, 5) is 4.62. The summed E-state index contributed by atoms with van der Waals surface area (Å²) in [6.45, 7) is 0.352. The maximum atomic E-state index is 8.18. The molecule has 0 aliphatic rings. The maximum absolute atomic E-state index is 8.18. The highest BCUT2D eigenvalue weighted by atomic mass is 35.5. The minimum absolute atomic E-state index is 0.121. The summed E-state index contributed by atoms with van der Waals surface area (Å²) in [6.07, 6.45) is 2.56. The number of benzene rings is 3. The lowest BCUT2D eigenvalue weighted by molar-refractivity contribution is 0.302. The van der Waals surface area contributed by atoms with Crippen LogP contribution in [-0.4, -0.2) is 17.3 Å². The number of pyridine rings is 1. The molecule has 6 heteroatoms. The van der Waals surface area contributed by atoms with Gasteiger partial charge in [-0.25, -0.2) is 4.98 Å². The van der Waals surface area contributed by atoms with E-state index in [1.54, 1.807) is 12.1 Å². The average molecular weight is 442 g/mol. The predicted octanol–water partition coefficient (Wildman–Crippen LogP) is 6.61. The Hall–Kier alpha value is -3.96. The molecule has 4 rings (SSSR count). The van der Waals surface area contributed by atoms with Crippen LogP contribution in [-0.2, 0) is 11.3 Å². The molecule has 32 heavy (non-hydrogen) atoms. The van der Waals surface area contributed by atoms with E-state index in [2.05, 4.69) is 4.98 Å². The Morgan fingerprint density at radius 2 is 1.66 bits per heavy atom. The second-order valence-corrected chi connectivity index (χ2v) is 7.42. The molecule has 0 fully saturated rings. The van der Waals surface area contributed by atoms with E-state index < -0.39 is 0 Å². The van der Waals surface area contributed by atoms with Crippen molar-refractivity contribution in [2.45, 2.75) is 6.61 Å². The molecule has 158 valence electrons. The summed E-state index contributed by atoms with van der Waals surface area (Å²) in [5, 5.41) is 17.1. The minimum atomic E-state index is -0.121. The van der Waals surface area contributed by atoms with Gasteiger partial charge in [0.2, 0.25) is 5.90 Å². The van der Waals surface area contributed by atoms with E-state index in [4.69, 9.17) is 31.9 Å². The van der Waals surface area contributed by atoms with Crippen LogP contribution in [0.1, 0.15) is 16.8 Å². The van der Waals surface area contributed by atoms with Gasteiger partial charge in [-0.1, -0.05) is 60.1 Å². The number of halogens is 1. The zero-order chi connectivity index (χ0) is 22.3. The van der Waals surface area contributed by atoms with Crippen molar-refractivity contribution in [3.8, 4) is 5.75 Å². The molecule has 0 saturated carbocycles. The van der Waals surface area contributed by atoms with Gasteiger partial charge < -0.3 is 9.47 Å². The lowest BCUT2D eigenvalue weighted by Gasteiger charge is -2.11. The fourth-order valence-electron chi connectivity index (χ4n) is 3.20. The van der Waals surface area contributed by atoms with Crippen LogP contribution in [0.25, 0.3) is 22.6 Å². The van der Waals surface area contributed by atoms with Gasteiger partial charge in [-0.05, 0) is 53.6 Å². The second-order valence-electron chi connectivity index (χ2n) is 6.98. The molecule has 0 aliphatic carbocycles. The molecule has 1 heterocycles. The quantitative estimate of drug-likeness (QED) is 0.192. The standard InChI is InChI=1S/C26H20ClN3O2/c27-21-10-5-18(6-11-21)15-24(26(29)32-17-28)19-8-13-23(14-9-19)31-16-22-12-7-20-3-1-2-4-25(20)30-22/h1-15,17,28-29H,16H2. The van der Waals surface area contributed by atoms with Crippen molar-refractivity contribution >= 4 is 46.5 Å². The van der Waals surface area contributed by atoms with Crippen molar-refractivity contribution in [1.29, 1.82) is 10.8 Å². The summed E-state index contributed by atoms with van der Waals surface area (Å²) in [5.74, 6) is 0.568. The predicted molar refractivity (Wildman–Crippen MR) is 129 cm³/mol. The smallest absolute Gasteiger partial charge is 0.221 e. The van der Waals surface area contributed by atoms with E-state index in [1.807, 2.05) is 78.9 Å². The largest absolute Gasteiger partial charge is 0.487 e. The Labute approximate surface area is 190 Å². The lowest BCUT2D eigenvalue weighted by atomic mass is 10.0. The van der Waals surface area contributed by atoms with Gasteiger partial charge in [0.1, 0.15) is 12.4 Å². The Morgan fingerprint density at radius 3 is 2.41 bits per heavy atom. The van der Waals surface area contributed by atoms with Gasteiger partial charge >= 0.3 is 0 Å². The lowest BCUT2D eigenvalue weighted by Crippen LogP contribution is -2.05. The number of hydrogen-bond donors (Lipinski definition) is 2. The highest BCUT2D eigenvalue weighted by molar-refractivity contribution is 6.30. The van der Waals surface area contributed by atoms with Crippen LogP contribution < -0.4 is 4.74 Å². The molecule has 1 aromatic heterocycles. The first kappa shape index (κ1) is 21.3. The van der Waals surface area contributed by atoms with Crippen LogP contribution in [0.4, 0.5) is 0 Å². The molecule has 0 saturated heterocycles. The molecule has 0 amide bonds. The van der Waals surface area contributed by atoms with Crippen molar-refractivity contribution in [1.82, 2.24) is 4.98 Å². The Bertz CT molecular complexity index is 1280. The topological polar surface area (TPSA) is 79.0 Å². The number of ether oxygens (including phenoxy) is 2. The summed E-state index contributed by atoms with van der Waals surface area (Å²) in [7, 11) is 0. The van der Waals surface area contributed by atoms with E-state index in [0.29, 0.717) is 23.0 Å². The summed E-state index contributed by atoms with van der Waals surface area (Å²) >= 11 is 5.96. The zero-order valence-electron chi connectivity index (χ0n) is 17.1. The first-order valence-corrected chi connectivity index (χ1v) is 10.3.